The zero-order valence-electron chi connectivity index (χ0n) is 16.4. The quantitative estimate of drug-likeness (QED) is 0.198. The minimum Gasteiger partial charge on any atom is -0.422 e. The van der Waals surface area contributed by atoms with E-state index in [4.69, 9.17) is 16.3 Å². The van der Waals surface area contributed by atoms with Gasteiger partial charge in [0.2, 0.25) is 0 Å². The highest BCUT2D eigenvalue weighted by atomic mass is 79.9. The zero-order valence-corrected chi connectivity index (χ0v) is 18.7. The molecule has 7 heteroatoms. The minimum absolute atomic E-state index is 0.152. The molecular weight excluding hydrogens is 480 g/mol. The van der Waals surface area contributed by atoms with Gasteiger partial charge < -0.3 is 10.1 Å². The predicted molar refractivity (Wildman–Crippen MR) is 124 cm³/mol. The second-order valence-corrected chi connectivity index (χ2v) is 7.92. The van der Waals surface area contributed by atoms with Gasteiger partial charge >= 0.3 is 5.97 Å². The van der Waals surface area contributed by atoms with E-state index in [-0.39, 0.29) is 11.3 Å². The number of anilines is 1. The molecular formula is C24H16BrClN2O3. The van der Waals surface area contributed by atoms with E-state index in [9.17, 15) is 14.9 Å². The molecule has 0 aliphatic rings. The fourth-order valence-corrected chi connectivity index (χ4v) is 3.11. The molecule has 0 saturated heterocycles. The average Bonchev–Trinajstić information content (AvgIpc) is 2.75. The molecule has 0 aromatic heterocycles. The molecule has 3 rings (SSSR count). The summed E-state index contributed by atoms with van der Waals surface area (Å²) < 4.78 is 6.22. The van der Waals surface area contributed by atoms with E-state index >= 15 is 0 Å². The maximum atomic E-state index is 12.6. The van der Waals surface area contributed by atoms with Crippen molar-refractivity contribution in [3.63, 3.8) is 0 Å². The van der Waals surface area contributed by atoms with Crippen molar-refractivity contribution in [2.75, 3.05) is 5.32 Å². The Morgan fingerprint density at radius 2 is 1.74 bits per heavy atom. The van der Waals surface area contributed by atoms with Crippen molar-refractivity contribution in [1.82, 2.24) is 0 Å². The molecule has 0 aliphatic carbocycles. The number of nitrogens with one attached hydrogen (secondary N) is 1. The number of carbonyl (C=O) groups excluding carboxylic acids is 2. The van der Waals surface area contributed by atoms with Crippen molar-refractivity contribution in [2.24, 2.45) is 0 Å². The largest absolute Gasteiger partial charge is 0.422 e. The van der Waals surface area contributed by atoms with Gasteiger partial charge in [0.15, 0.2) is 0 Å². The maximum absolute atomic E-state index is 12.6. The van der Waals surface area contributed by atoms with Crippen molar-refractivity contribution in [3.05, 3.63) is 98.5 Å². The highest BCUT2D eigenvalue weighted by Gasteiger charge is 2.15. The summed E-state index contributed by atoms with van der Waals surface area (Å²) in [4.78, 5) is 25.1. The number of amides is 1. The summed E-state index contributed by atoms with van der Waals surface area (Å²) in [7, 11) is 0. The second-order valence-electron chi connectivity index (χ2n) is 6.57. The van der Waals surface area contributed by atoms with Gasteiger partial charge in [-0.05, 0) is 67.6 Å². The number of hydrogen-bond donors (Lipinski definition) is 1. The zero-order chi connectivity index (χ0) is 22.4. The number of nitriles is 1. The van der Waals surface area contributed by atoms with Crippen LogP contribution in [-0.4, -0.2) is 11.9 Å². The average molecular weight is 496 g/mol. The first-order chi connectivity index (χ1) is 14.9. The number of ether oxygens (including phenoxy) is 1. The van der Waals surface area contributed by atoms with Gasteiger partial charge in [-0.3, -0.25) is 4.79 Å². The lowest BCUT2D eigenvalue weighted by Crippen LogP contribution is -2.13. The molecule has 0 radical (unpaired) electrons. The summed E-state index contributed by atoms with van der Waals surface area (Å²) in [6, 6.07) is 20.3. The van der Waals surface area contributed by atoms with Gasteiger partial charge in [-0.1, -0.05) is 45.2 Å². The first-order valence-corrected chi connectivity index (χ1v) is 10.3. The van der Waals surface area contributed by atoms with Crippen LogP contribution in [0.2, 0.25) is 5.02 Å². The van der Waals surface area contributed by atoms with Gasteiger partial charge in [0.1, 0.15) is 17.4 Å². The fraction of sp³-hybridized carbons (Fsp3) is 0.0417. The number of esters is 1. The summed E-state index contributed by atoms with van der Waals surface area (Å²) in [5, 5.41) is 12.7. The van der Waals surface area contributed by atoms with Gasteiger partial charge in [0.05, 0.1) is 5.56 Å². The van der Waals surface area contributed by atoms with Crippen molar-refractivity contribution < 1.29 is 14.3 Å². The topological polar surface area (TPSA) is 79.2 Å². The van der Waals surface area contributed by atoms with Crippen LogP contribution in [0.15, 0.2) is 76.8 Å². The molecule has 5 nitrogen and oxygen atoms in total. The van der Waals surface area contributed by atoms with E-state index < -0.39 is 11.9 Å². The molecule has 3 aromatic rings. The van der Waals surface area contributed by atoms with Gasteiger partial charge in [-0.2, -0.15) is 5.26 Å². The van der Waals surface area contributed by atoms with Gasteiger partial charge in [0.25, 0.3) is 5.91 Å². The molecule has 0 unspecified atom stereocenters. The van der Waals surface area contributed by atoms with E-state index in [0.29, 0.717) is 26.3 Å². The lowest BCUT2D eigenvalue weighted by Gasteiger charge is -2.09. The Morgan fingerprint density at radius 3 is 2.39 bits per heavy atom. The molecule has 3 aromatic carbocycles. The number of nitrogens with zero attached hydrogens (tertiary/aromatic N) is 1. The van der Waals surface area contributed by atoms with Crippen LogP contribution in [0.4, 0.5) is 5.69 Å². The Bertz CT molecular complexity index is 1200. The van der Waals surface area contributed by atoms with Crippen LogP contribution in [0.3, 0.4) is 0 Å². The Labute approximate surface area is 193 Å². The molecule has 31 heavy (non-hydrogen) atoms. The number of hydrogen-bond acceptors (Lipinski definition) is 4. The van der Waals surface area contributed by atoms with Crippen LogP contribution in [0.25, 0.3) is 6.08 Å². The molecule has 0 atom stereocenters. The monoisotopic (exact) mass is 494 g/mol. The van der Waals surface area contributed by atoms with Gasteiger partial charge in [0, 0.05) is 20.7 Å². The standard InChI is InChI=1S/C24H16BrClN2O3/c1-15-2-4-16(5-3-15)24(30)31-22-11-6-19(25)13-17(22)12-18(14-27)23(29)28-21-9-7-20(26)8-10-21/h2-13H,1H3,(H,28,29)/b18-12+. The van der Waals surface area contributed by atoms with Crippen molar-refractivity contribution in [2.45, 2.75) is 6.92 Å². The number of carbonyl (C=O) groups is 2. The SMILES string of the molecule is Cc1ccc(C(=O)Oc2ccc(Br)cc2/C=C(\C#N)C(=O)Nc2ccc(Cl)cc2)cc1. The number of rotatable bonds is 5. The first kappa shape index (κ1) is 22.3. The van der Waals surface area contributed by atoms with Crippen molar-refractivity contribution >= 4 is 51.2 Å². The van der Waals surface area contributed by atoms with Crippen molar-refractivity contribution in [1.29, 1.82) is 5.26 Å². The fourth-order valence-electron chi connectivity index (χ4n) is 2.61. The summed E-state index contributed by atoms with van der Waals surface area (Å²) in [5.74, 6) is -0.914. The molecule has 0 spiro atoms. The first-order valence-electron chi connectivity index (χ1n) is 9.13. The Kier molecular flexibility index (Phi) is 7.24. The summed E-state index contributed by atoms with van der Waals surface area (Å²) in [6.45, 7) is 1.92. The van der Waals surface area contributed by atoms with Crippen LogP contribution >= 0.6 is 27.5 Å². The minimum atomic E-state index is -0.597. The number of aryl methyl sites for hydroxylation is 1. The van der Waals surface area contributed by atoms with Gasteiger partial charge in [-0.25, -0.2) is 4.79 Å². The third kappa shape index (κ3) is 6.05. The molecule has 0 fully saturated rings. The summed E-state index contributed by atoms with van der Waals surface area (Å²) in [5.41, 5.74) is 2.16. The molecule has 0 bridgehead atoms. The lowest BCUT2D eigenvalue weighted by atomic mass is 10.1. The van der Waals surface area contributed by atoms with Crippen molar-refractivity contribution in [3.8, 4) is 11.8 Å². The third-order valence-electron chi connectivity index (χ3n) is 4.23. The maximum Gasteiger partial charge on any atom is 0.343 e. The van der Waals surface area contributed by atoms with E-state index in [0.717, 1.165) is 5.56 Å². The smallest absolute Gasteiger partial charge is 0.343 e. The highest BCUT2D eigenvalue weighted by molar-refractivity contribution is 9.10. The molecule has 0 saturated carbocycles. The molecule has 1 N–H and O–H groups in total. The van der Waals surface area contributed by atoms with Crippen LogP contribution in [0.5, 0.6) is 5.75 Å². The molecule has 1 amide bonds. The molecule has 0 aliphatic heterocycles. The van der Waals surface area contributed by atoms with E-state index in [1.165, 1.54) is 6.08 Å². The van der Waals surface area contributed by atoms with E-state index in [2.05, 4.69) is 21.2 Å². The normalized spacial score (nSPS) is 10.8. The highest BCUT2D eigenvalue weighted by Crippen LogP contribution is 2.27. The van der Waals surface area contributed by atoms with E-state index in [1.807, 2.05) is 25.1 Å². The Morgan fingerprint density at radius 1 is 1.06 bits per heavy atom. The van der Waals surface area contributed by atoms with Crippen LogP contribution in [0.1, 0.15) is 21.5 Å². The lowest BCUT2D eigenvalue weighted by molar-refractivity contribution is -0.112. The van der Waals surface area contributed by atoms with Crippen LogP contribution < -0.4 is 10.1 Å². The van der Waals surface area contributed by atoms with Crippen LogP contribution in [-0.2, 0) is 4.79 Å². The molecule has 0 heterocycles. The predicted octanol–water partition coefficient (Wildman–Crippen LogP) is 6.18. The van der Waals surface area contributed by atoms with E-state index in [1.54, 1.807) is 54.6 Å². The second kappa shape index (κ2) is 10.1. The summed E-state index contributed by atoms with van der Waals surface area (Å²) >= 11 is 9.21. The summed E-state index contributed by atoms with van der Waals surface area (Å²) in [6.07, 6.45) is 1.37. The number of benzene rings is 3. The van der Waals surface area contributed by atoms with Gasteiger partial charge in [-0.15, -0.1) is 0 Å². The third-order valence-corrected chi connectivity index (χ3v) is 4.97. The Balaban J connectivity index is 1.87. The molecule has 154 valence electrons. The Hall–Kier alpha value is -3.40. The number of halogens is 2. The van der Waals surface area contributed by atoms with Crippen LogP contribution in [0, 0.1) is 18.3 Å².